The van der Waals surface area contributed by atoms with Crippen LogP contribution < -0.4 is 5.32 Å². The average molecular weight is 284 g/mol. The maximum Gasteiger partial charge on any atom is 0.251 e. The Labute approximate surface area is 122 Å². The van der Waals surface area contributed by atoms with Gasteiger partial charge in [-0.15, -0.1) is 0 Å². The molecule has 2 saturated heterocycles. The normalized spacial score (nSPS) is 33.0. The molecule has 2 heterocycles. The molecule has 5 nitrogen and oxygen atoms in total. The lowest BCUT2D eigenvalue weighted by molar-refractivity contribution is -0.152. The van der Waals surface area contributed by atoms with Crippen LogP contribution in [0.4, 0.5) is 0 Å². The van der Waals surface area contributed by atoms with Gasteiger partial charge in [0.1, 0.15) is 6.10 Å². The molecule has 0 saturated carbocycles. The first-order chi connectivity index (χ1) is 9.61. The van der Waals surface area contributed by atoms with E-state index in [9.17, 15) is 4.79 Å². The number of carbonyl (C=O) groups excluding carboxylic acids is 1. The molecule has 4 atom stereocenters. The van der Waals surface area contributed by atoms with Crippen LogP contribution in [0, 0.1) is 0 Å². The van der Waals surface area contributed by atoms with E-state index >= 15 is 0 Å². The maximum absolute atomic E-state index is 12.4. The van der Waals surface area contributed by atoms with Crippen molar-refractivity contribution in [2.24, 2.45) is 0 Å². The van der Waals surface area contributed by atoms with E-state index < -0.39 is 0 Å². The SMILES string of the molecule is CCC1NC(C)CCC1OC(C)C(=O)N1CCOCC1. The number of hydrogen-bond acceptors (Lipinski definition) is 4. The summed E-state index contributed by atoms with van der Waals surface area (Å²) in [7, 11) is 0. The number of nitrogens with one attached hydrogen (secondary N) is 1. The van der Waals surface area contributed by atoms with Crippen molar-refractivity contribution < 1.29 is 14.3 Å². The fourth-order valence-electron chi connectivity index (χ4n) is 3.08. The van der Waals surface area contributed by atoms with Crippen molar-refractivity contribution in [3.8, 4) is 0 Å². The first kappa shape index (κ1) is 15.7. The first-order valence-electron chi connectivity index (χ1n) is 7.89. The molecular weight excluding hydrogens is 256 g/mol. The van der Waals surface area contributed by atoms with Crippen molar-refractivity contribution >= 4 is 5.91 Å². The minimum absolute atomic E-state index is 0.0989. The van der Waals surface area contributed by atoms with E-state index in [2.05, 4.69) is 19.2 Å². The van der Waals surface area contributed by atoms with Crippen LogP contribution in [0.3, 0.4) is 0 Å². The van der Waals surface area contributed by atoms with Crippen LogP contribution in [0.15, 0.2) is 0 Å². The fourth-order valence-corrected chi connectivity index (χ4v) is 3.08. The molecule has 0 aromatic heterocycles. The average Bonchev–Trinajstić information content (AvgIpc) is 2.49. The summed E-state index contributed by atoms with van der Waals surface area (Å²) in [5.41, 5.74) is 0. The van der Waals surface area contributed by atoms with Crippen molar-refractivity contribution in [1.82, 2.24) is 10.2 Å². The quantitative estimate of drug-likeness (QED) is 0.842. The molecule has 4 unspecified atom stereocenters. The maximum atomic E-state index is 12.4. The Hall–Kier alpha value is -0.650. The lowest BCUT2D eigenvalue weighted by Crippen LogP contribution is -2.53. The summed E-state index contributed by atoms with van der Waals surface area (Å²) in [5, 5.41) is 3.57. The number of piperidine rings is 1. The molecule has 0 radical (unpaired) electrons. The van der Waals surface area contributed by atoms with Crippen molar-refractivity contribution in [2.45, 2.75) is 64.3 Å². The van der Waals surface area contributed by atoms with Gasteiger partial charge in [-0.05, 0) is 33.1 Å². The highest BCUT2D eigenvalue weighted by Crippen LogP contribution is 2.20. The summed E-state index contributed by atoms with van der Waals surface area (Å²) in [6, 6.07) is 0.906. The van der Waals surface area contributed by atoms with Gasteiger partial charge in [0.05, 0.1) is 19.3 Å². The lowest BCUT2D eigenvalue weighted by Gasteiger charge is -2.38. The van der Waals surface area contributed by atoms with E-state index in [0.29, 0.717) is 38.4 Å². The van der Waals surface area contributed by atoms with E-state index in [1.807, 2.05) is 11.8 Å². The van der Waals surface area contributed by atoms with Crippen LogP contribution in [-0.4, -0.2) is 61.4 Å². The van der Waals surface area contributed by atoms with Crippen LogP contribution in [0.25, 0.3) is 0 Å². The van der Waals surface area contributed by atoms with Crippen LogP contribution >= 0.6 is 0 Å². The zero-order chi connectivity index (χ0) is 14.5. The molecule has 0 aromatic rings. The van der Waals surface area contributed by atoms with Crippen LogP contribution in [0.2, 0.25) is 0 Å². The summed E-state index contributed by atoms with van der Waals surface area (Å²) in [5.74, 6) is 0.0989. The Morgan fingerprint density at radius 1 is 1.40 bits per heavy atom. The summed E-state index contributed by atoms with van der Waals surface area (Å²) < 4.78 is 11.3. The number of amides is 1. The Morgan fingerprint density at radius 3 is 2.75 bits per heavy atom. The highest BCUT2D eigenvalue weighted by molar-refractivity contribution is 5.80. The van der Waals surface area contributed by atoms with E-state index in [-0.39, 0.29) is 18.1 Å². The van der Waals surface area contributed by atoms with Gasteiger partial charge in [-0.1, -0.05) is 6.92 Å². The second kappa shape index (κ2) is 7.38. The number of ether oxygens (including phenoxy) is 2. The summed E-state index contributed by atoms with van der Waals surface area (Å²) >= 11 is 0. The van der Waals surface area contributed by atoms with Gasteiger partial charge < -0.3 is 19.7 Å². The zero-order valence-corrected chi connectivity index (χ0v) is 12.9. The van der Waals surface area contributed by atoms with Crippen molar-refractivity contribution in [3.05, 3.63) is 0 Å². The van der Waals surface area contributed by atoms with Gasteiger partial charge in [-0.3, -0.25) is 4.79 Å². The largest absolute Gasteiger partial charge is 0.378 e. The van der Waals surface area contributed by atoms with E-state index in [1.54, 1.807) is 0 Å². The van der Waals surface area contributed by atoms with Gasteiger partial charge in [0.2, 0.25) is 0 Å². The third kappa shape index (κ3) is 3.93. The summed E-state index contributed by atoms with van der Waals surface area (Å²) in [4.78, 5) is 14.2. The third-order valence-electron chi connectivity index (χ3n) is 4.32. The van der Waals surface area contributed by atoms with Crippen LogP contribution in [0.5, 0.6) is 0 Å². The number of hydrogen-bond donors (Lipinski definition) is 1. The van der Waals surface area contributed by atoms with Gasteiger partial charge >= 0.3 is 0 Å². The number of carbonyl (C=O) groups is 1. The van der Waals surface area contributed by atoms with Crippen LogP contribution in [0.1, 0.15) is 40.0 Å². The fraction of sp³-hybridized carbons (Fsp3) is 0.933. The predicted molar refractivity (Wildman–Crippen MR) is 77.6 cm³/mol. The van der Waals surface area contributed by atoms with Crippen molar-refractivity contribution in [2.75, 3.05) is 26.3 Å². The molecule has 2 aliphatic rings. The van der Waals surface area contributed by atoms with E-state index in [1.165, 1.54) is 0 Å². The number of morpholine rings is 1. The topological polar surface area (TPSA) is 50.8 Å². The smallest absolute Gasteiger partial charge is 0.251 e. The minimum atomic E-state index is -0.359. The van der Waals surface area contributed by atoms with E-state index in [0.717, 1.165) is 19.3 Å². The second-order valence-corrected chi connectivity index (χ2v) is 5.91. The molecule has 1 amide bonds. The van der Waals surface area contributed by atoms with Crippen molar-refractivity contribution in [3.63, 3.8) is 0 Å². The molecular formula is C15H28N2O3. The molecule has 0 spiro atoms. The molecule has 0 aromatic carbocycles. The lowest BCUT2D eigenvalue weighted by atomic mass is 9.94. The Morgan fingerprint density at radius 2 is 2.10 bits per heavy atom. The van der Waals surface area contributed by atoms with Gasteiger partial charge in [-0.25, -0.2) is 0 Å². The molecule has 2 rings (SSSR count). The third-order valence-corrected chi connectivity index (χ3v) is 4.32. The number of nitrogens with zero attached hydrogens (tertiary/aromatic N) is 1. The van der Waals surface area contributed by atoms with Gasteiger partial charge in [0.15, 0.2) is 0 Å². The Bertz CT molecular complexity index is 318. The second-order valence-electron chi connectivity index (χ2n) is 5.91. The Kier molecular flexibility index (Phi) is 5.81. The van der Waals surface area contributed by atoms with E-state index in [4.69, 9.17) is 9.47 Å². The molecule has 116 valence electrons. The summed E-state index contributed by atoms with van der Waals surface area (Å²) in [6.45, 7) is 8.90. The number of rotatable bonds is 4. The van der Waals surface area contributed by atoms with Gasteiger partial charge in [-0.2, -0.15) is 0 Å². The predicted octanol–water partition coefficient (Wildman–Crippen LogP) is 1.17. The molecule has 2 fully saturated rings. The molecule has 5 heteroatoms. The monoisotopic (exact) mass is 284 g/mol. The van der Waals surface area contributed by atoms with Gasteiger partial charge in [0, 0.05) is 25.2 Å². The molecule has 2 aliphatic heterocycles. The zero-order valence-electron chi connectivity index (χ0n) is 12.9. The van der Waals surface area contributed by atoms with Crippen LogP contribution in [-0.2, 0) is 14.3 Å². The molecule has 1 N–H and O–H groups in total. The summed E-state index contributed by atoms with van der Waals surface area (Å²) in [6.07, 6.45) is 2.97. The first-order valence-corrected chi connectivity index (χ1v) is 7.89. The molecule has 0 aliphatic carbocycles. The standard InChI is InChI=1S/C15H28N2O3/c1-4-13-14(6-5-11(2)16-13)20-12(3)15(18)17-7-9-19-10-8-17/h11-14,16H,4-10H2,1-3H3. The molecule has 0 bridgehead atoms. The van der Waals surface area contributed by atoms with Crippen molar-refractivity contribution in [1.29, 1.82) is 0 Å². The highest BCUT2D eigenvalue weighted by Gasteiger charge is 2.31. The van der Waals surface area contributed by atoms with Gasteiger partial charge in [0.25, 0.3) is 5.91 Å². The molecule has 20 heavy (non-hydrogen) atoms. The highest BCUT2D eigenvalue weighted by atomic mass is 16.5. The minimum Gasteiger partial charge on any atom is -0.378 e. The Balaban J connectivity index is 1.86.